The Morgan fingerprint density at radius 1 is 1.43 bits per heavy atom. The molecule has 1 aliphatic rings. The molecule has 0 unspecified atom stereocenters. The third kappa shape index (κ3) is 3.37. The third-order valence-corrected chi connectivity index (χ3v) is 3.61. The number of anilines is 2. The van der Waals surface area contributed by atoms with Crippen molar-refractivity contribution in [2.75, 3.05) is 30.8 Å². The number of esters is 1. The number of halogens is 3. The van der Waals surface area contributed by atoms with Crippen LogP contribution in [0.1, 0.15) is 23.2 Å². The molecule has 0 atom stereocenters. The SMILES string of the molecule is COC(=O)c1cc(N2CCC(C(F)(F)F)CC2)ncc1N. The van der Waals surface area contributed by atoms with Gasteiger partial charge < -0.3 is 15.4 Å². The van der Waals surface area contributed by atoms with Crippen molar-refractivity contribution in [1.82, 2.24) is 4.98 Å². The molecule has 0 radical (unpaired) electrons. The van der Waals surface area contributed by atoms with E-state index in [1.54, 1.807) is 4.90 Å². The predicted octanol–water partition coefficient (Wildman–Crippen LogP) is 2.23. The van der Waals surface area contributed by atoms with Gasteiger partial charge in [0.1, 0.15) is 5.82 Å². The monoisotopic (exact) mass is 303 g/mol. The summed E-state index contributed by atoms with van der Waals surface area (Å²) in [5.41, 5.74) is 5.99. The summed E-state index contributed by atoms with van der Waals surface area (Å²) in [6, 6.07) is 1.45. The van der Waals surface area contributed by atoms with E-state index in [0.29, 0.717) is 5.82 Å². The minimum absolute atomic E-state index is 0.0170. The van der Waals surface area contributed by atoms with Crippen LogP contribution in [0, 0.1) is 5.92 Å². The molecule has 0 saturated carbocycles. The number of carbonyl (C=O) groups is 1. The Hall–Kier alpha value is -1.99. The number of piperidine rings is 1. The fourth-order valence-electron chi connectivity index (χ4n) is 2.35. The molecule has 1 aromatic rings. The minimum atomic E-state index is -4.15. The van der Waals surface area contributed by atoms with E-state index in [1.807, 2.05) is 0 Å². The Kier molecular flexibility index (Phi) is 4.24. The molecule has 0 aromatic carbocycles. The van der Waals surface area contributed by atoms with E-state index in [9.17, 15) is 18.0 Å². The van der Waals surface area contributed by atoms with Crippen molar-refractivity contribution in [3.8, 4) is 0 Å². The summed E-state index contributed by atoms with van der Waals surface area (Å²) in [6.45, 7) is 0.476. The van der Waals surface area contributed by atoms with E-state index in [1.165, 1.54) is 19.4 Å². The molecule has 0 amide bonds. The topological polar surface area (TPSA) is 68.5 Å². The van der Waals surface area contributed by atoms with E-state index < -0.39 is 18.1 Å². The first-order valence-electron chi connectivity index (χ1n) is 6.48. The number of ether oxygens (including phenoxy) is 1. The number of nitrogen functional groups attached to an aromatic ring is 1. The molecule has 8 heteroatoms. The molecule has 0 spiro atoms. The van der Waals surface area contributed by atoms with Crippen LogP contribution >= 0.6 is 0 Å². The highest BCUT2D eigenvalue weighted by atomic mass is 19.4. The van der Waals surface area contributed by atoms with Crippen LogP contribution in [0.5, 0.6) is 0 Å². The first kappa shape index (κ1) is 15.4. The van der Waals surface area contributed by atoms with Gasteiger partial charge in [0.2, 0.25) is 0 Å². The highest BCUT2D eigenvalue weighted by Gasteiger charge is 2.41. The summed E-state index contributed by atoms with van der Waals surface area (Å²) in [7, 11) is 1.23. The largest absolute Gasteiger partial charge is 0.465 e. The molecule has 5 nitrogen and oxygen atoms in total. The van der Waals surface area contributed by atoms with Crippen LogP contribution in [0.3, 0.4) is 0 Å². The van der Waals surface area contributed by atoms with Crippen molar-refractivity contribution in [3.05, 3.63) is 17.8 Å². The van der Waals surface area contributed by atoms with Crippen LogP contribution in [0.2, 0.25) is 0 Å². The normalized spacial score (nSPS) is 16.9. The lowest BCUT2D eigenvalue weighted by Crippen LogP contribution is -2.39. The lowest BCUT2D eigenvalue weighted by atomic mass is 9.96. The average molecular weight is 303 g/mol. The second-order valence-corrected chi connectivity index (χ2v) is 4.92. The molecule has 21 heavy (non-hydrogen) atoms. The highest BCUT2D eigenvalue weighted by Crippen LogP contribution is 2.35. The second kappa shape index (κ2) is 5.79. The van der Waals surface area contributed by atoms with Gasteiger partial charge in [0.25, 0.3) is 0 Å². The van der Waals surface area contributed by atoms with E-state index >= 15 is 0 Å². The maximum Gasteiger partial charge on any atom is 0.391 e. The lowest BCUT2D eigenvalue weighted by molar-refractivity contribution is -0.179. The van der Waals surface area contributed by atoms with Gasteiger partial charge in [-0.05, 0) is 18.9 Å². The van der Waals surface area contributed by atoms with Gasteiger partial charge in [-0.15, -0.1) is 0 Å². The molecule has 2 N–H and O–H groups in total. The molecule has 1 fully saturated rings. The zero-order valence-electron chi connectivity index (χ0n) is 11.5. The van der Waals surface area contributed by atoms with Crippen molar-refractivity contribution >= 4 is 17.5 Å². The van der Waals surface area contributed by atoms with E-state index in [0.717, 1.165) is 0 Å². The zero-order valence-corrected chi connectivity index (χ0v) is 11.5. The fraction of sp³-hybridized carbons (Fsp3) is 0.538. The third-order valence-electron chi connectivity index (χ3n) is 3.61. The number of alkyl halides is 3. The first-order valence-corrected chi connectivity index (χ1v) is 6.48. The minimum Gasteiger partial charge on any atom is -0.465 e. The van der Waals surface area contributed by atoms with Crippen LogP contribution in [0.25, 0.3) is 0 Å². The zero-order chi connectivity index (χ0) is 15.6. The summed E-state index contributed by atoms with van der Waals surface area (Å²) in [4.78, 5) is 17.4. The van der Waals surface area contributed by atoms with Gasteiger partial charge in [0.15, 0.2) is 0 Å². The van der Waals surface area contributed by atoms with Gasteiger partial charge in [0.05, 0.1) is 30.5 Å². The first-order chi connectivity index (χ1) is 9.82. The second-order valence-electron chi connectivity index (χ2n) is 4.92. The molecule has 0 aliphatic carbocycles. The van der Waals surface area contributed by atoms with Crippen molar-refractivity contribution in [1.29, 1.82) is 0 Å². The average Bonchev–Trinajstić information content (AvgIpc) is 2.46. The number of hydrogen-bond acceptors (Lipinski definition) is 5. The molecule has 1 saturated heterocycles. The van der Waals surface area contributed by atoms with Gasteiger partial charge >= 0.3 is 12.1 Å². The molecular formula is C13H16F3N3O2. The number of carbonyl (C=O) groups excluding carboxylic acids is 1. The summed E-state index contributed by atoms with van der Waals surface area (Å²) in [6.07, 6.45) is -2.80. The molecule has 1 aromatic heterocycles. The Labute approximate surface area is 119 Å². The Morgan fingerprint density at radius 2 is 2.05 bits per heavy atom. The molecule has 2 heterocycles. The van der Waals surface area contributed by atoms with Gasteiger partial charge in [-0.3, -0.25) is 0 Å². The van der Waals surface area contributed by atoms with E-state index in [2.05, 4.69) is 9.72 Å². The smallest absolute Gasteiger partial charge is 0.391 e. The molecular weight excluding hydrogens is 287 g/mol. The molecule has 116 valence electrons. The number of aromatic nitrogens is 1. The summed E-state index contributed by atoms with van der Waals surface area (Å²) < 4.78 is 42.5. The number of hydrogen-bond donors (Lipinski definition) is 1. The summed E-state index contributed by atoms with van der Waals surface area (Å²) >= 11 is 0. The van der Waals surface area contributed by atoms with Gasteiger partial charge in [-0.1, -0.05) is 0 Å². The van der Waals surface area contributed by atoms with Crippen LogP contribution in [0.15, 0.2) is 12.3 Å². The Bertz CT molecular complexity index is 526. The molecule has 2 rings (SSSR count). The van der Waals surface area contributed by atoms with Crippen LogP contribution in [0.4, 0.5) is 24.7 Å². The Morgan fingerprint density at radius 3 is 2.57 bits per heavy atom. The lowest BCUT2D eigenvalue weighted by Gasteiger charge is -2.33. The molecule has 0 bridgehead atoms. The predicted molar refractivity (Wildman–Crippen MR) is 71.0 cm³/mol. The van der Waals surface area contributed by atoms with Crippen LogP contribution in [-0.2, 0) is 4.74 Å². The van der Waals surface area contributed by atoms with Crippen LogP contribution in [-0.4, -0.2) is 37.3 Å². The number of methoxy groups -OCH3 is 1. The van der Waals surface area contributed by atoms with Crippen molar-refractivity contribution in [3.63, 3.8) is 0 Å². The number of nitrogens with zero attached hydrogens (tertiary/aromatic N) is 2. The van der Waals surface area contributed by atoms with Crippen LogP contribution < -0.4 is 10.6 Å². The number of rotatable bonds is 2. The summed E-state index contributed by atoms with van der Waals surface area (Å²) in [5.74, 6) is -1.44. The van der Waals surface area contributed by atoms with E-state index in [-0.39, 0.29) is 37.2 Å². The van der Waals surface area contributed by atoms with Crippen molar-refractivity contribution < 1.29 is 22.7 Å². The van der Waals surface area contributed by atoms with Crippen molar-refractivity contribution in [2.45, 2.75) is 19.0 Å². The van der Waals surface area contributed by atoms with Gasteiger partial charge in [-0.2, -0.15) is 13.2 Å². The maximum absolute atomic E-state index is 12.6. The standard InChI is InChI=1S/C13H16F3N3O2/c1-21-12(20)9-6-11(18-7-10(9)17)19-4-2-8(3-5-19)13(14,15)16/h6-8H,2-5,17H2,1H3. The maximum atomic E-state index is 12.6. The molecule has 1 aliphatic heterocycles. The fourth-order valence-corrected chi connectivity index (χ4v) is 2.35. The van der Waals surface area contributed by atoms with Crippen molar-refractivity contribution in [2.24, 2.45) is 5.92 Å². The highest BCUT2D eigenvalue weighted by molar-refractivity contribution is 5.95. The van der Waals surface area contributed by atoms with E-state index in [4.69, 9.17) is 5.73 Å². The Balaban J connectivity index is 2.12. The summed E-state index contributed by atoms with van der Waals surface area (Å²) in [5, 5.41) is 0. The quantitative estimate of drug-likeness (QED) is 0.849. The number of nitrogens with two attached hydrogens (primary N) is 1. The van der Waals surface area contributed by atoms with Gasteiger partial charge in [0, 0.05) is 13.1 Å². The number of pyridine rings is 1. The van der Waals surface area contributed by atoms with Gasteiger partial charge in [-0.25, -0.2) is 9.78 Å².